The molecule has 0 saturated carbocycles. The average molecular weight is 571 g/mol. The second-order valence-corrected chi connectivity index (χ2v) is 12.2. The van der Waals surface area contributed by atoms with E-state index in [1.165, 1.54) is 5.56 Å². The van der Waals surface area contributed by atoms with Gasteiger partial charge in [-0.1, -0.05) is 61.9 Å². The molecule has 43 heavy (non-hydrogen) atoms. The molecule has 6 rings (SSSR count). The minimum atomic E-state index is -0.555. The fourth-order valence-electron chi connectivity index (χ4n) is 5.58. The van der Waals surface area contributed by atoms with Gasteiger partial charge in [0.05, 0.1) is 22.3 Å². The van der Waals surface area contributed by atoms with Crippen molar-refractivity contribution in [2.45, 2.75) is 66.0 Å². The topological polar surface area (TPSA) is 61.4 Å². The second-order valence-electron chi connectivity index (χ2n) is 12.2. The highest BCUT2D eigenvalue weighted by atomic mass is 16.6. The Morgan fingerprint density at radius 3 is 2.42 bits per heavy atom. The van der Waals surface area contributed by atoms with Gasteiger partial charge in [0.15, 0.2) is 0 Å². The molecule has 3 aromatic heterocycles. The molecular weight excluding hydrogens is 532 g/mol. The first-order valence-corrected chi connectivity index (χ1v) is 15.1. The SMILES string of the molecule is CCCCc1nc2c(C)cc(-c3cn4ccccc4n3)cc2n1Cc1ccc(-c2ccccc2C(=O)OC(C)(C)C)cc1. The zero-order chi connectivity index (χ0) is 30.1. The Morgan fingerprint density at radius 1 is 0.907 bits per heavy atom. The van der Waals surface area contributed by atoms with Crippen LogP contribution in [-0.4, -0.2) is 30.5 Å². The zero-order valence-electron chi connectivity index (χ0n) is 25.6. The minimum Gasteiger partial charge on any atom is -0.456 e. The maximum atomic E-state index is 13.0. The highest BCUT2D eigenvalue weighted by Gasteiger charge is 2.21. The van der Waals surface area contributed by atoms with E-state index in [9.17, 15) is 4.79 Å². The van der Waals surface area contributed by atoms with Gasteiger partial charge in [-0.3, -0.25) is 0 Å². The number of ether oxygens (including phenoxy) is 1. The first kappa shape index (κ1) is 28.4. The number of aromatic nitrogens is 4. The number of imidazole rings is 2. The molecule has 6 heteroatoms. The fraction of sp³-hybridized carbons (Fsp3) is 0.270. The summed E-state index contributed by atoms with van der Waals surface area (Å²) in [4.78, 5) is 23.0. The molecule has 0 spiro atoms. The van der Waals surface area contributed by atoms with Crippen LogP contribution in [0.5, 0.6) is 0 Å². The van der Waals surface area contributed by atoms with Crippen LogP contribution in [0.4, 0.5) is 0 Å². The van der Waals surface area contributed by atoms with Gasteiger partial charge in [-0.25, -0.2) is 14.8 Å². The van der Waals surface area contributed by atoms with Gasteiger partial charge in [0.2, 0.25) is 0 Å². The number of carbonyl (C=O) groups excluding carboxylic acids is 1. The number of unbranched alkanes of at least 4 members (excludes halogenated alkanes) is 1. The van der Waals surface area contributed by atoms with E-state index < -0.39 is 5.60 Å². The van der Waals surface area contributed by atoms with Crippen molar-refractivity contribution < 1.29 is 9.53 Å². The third-order valence-corrected chi connectivity index (χ3v) is 7.69. The van der Waals surface area contributed by atoms with Crippen molar-refractivity contribution in [2.75, 3.05) is 0 Å². The van der Waals surface area contributed by atoms with E-state index in [2.05, 4.69) is 65.4 Å². The molecule has 0 N–H and O–H groups in total. The predicted octanol–water partition coefficient (Wildman–Crippen LogP) is 8.67. The molecular formula is C37H38N4O2. The van der Waals surface area contributed by atoms with E-state index in [1.807, 2.05) is 69.4 Å². The molecule has 0 aliphatic carbocycles. The van der Waals surface area contributed by atoms with Gasteiger partial charge < -0.3 is 13.7 Å². The minimum absolute atomic E-state index is 0.311. The number of aryl methyl sites for hydroxylation is 2. The molecule has 0 aliphatic rings. The molecule has 0 bridgehead atoms. The van der Waals surface area contributed by atoms with Crippen molar-refractivity contribution in [1.29, 1.82) is 0 Å². The van der Waals surface area contributed by atoms with E-state index in [4.69, 9.17) is 14.7 Å². The van der Waals surface area contributed by atoms with Crippen LogP contribution < -0.4 is 0 Å². The average Bonchev–Trinajstić information content (AvgIpc) is 3.57. The maximum Gasteiger partial charge on any atom is 0.339 e. The van der Waals surface area contributed by atoms with Crippen LogP contribution in [0.2, 0.25) is 0 Å². The van der Waals surface area contributed by atoms with Gasteiger partial charge in [0.25, 0.3) is 0 Å². The standard InChI is InChI=1S/C37H38N4O2/c1-6-7-14-34-39-35-25(2)21-28(31-24-40-20-11-10-15-33(40)38-31)22-32(35)41(34)23-26-16-18-27(19-17-26)29-12-8-9-13-30(29)36(42)43-37(3,4)5/h8-13,15-22,24H,6-7,14,23H2,1-5H3. The summed E-state index contributed by atoms with van der Waals surface area (Å²) in [6, 6.07) is 26.6. The predicted molar refractivity (Wildman–Crippen MR) is 173 cm³/mol. The number of carbonyl (C=O) groups is 1. The Morgan fingerprint density at radius 2 is 1.67 bits per heavy atom. The Bertz CT molecular complexity index is 1890. The Labute approximate surface area is 253 Å². The first-order valence-electron chi connectivity index (χ1n) is 15.1. The van der Waals surface area contributed by atoms with Gasteiger partial charge in [0.1, 0.15) is 17.1 Å². The molecule has 218 valence electrons. The Hall–Kier alpha value is -4.71. The summed E-state index contributed by atoms with van der Waals surface area (Å²) in [5, 5.41) is 0. The quantitative estimate of drug-likeness (QED) is 0.172. The molecule has 0 amide bonds. The normalized spacial score (nSPS) is 11.8. The lowest BCUT2D eigenvalue weighted by Crippen LogP contribution is -2.24. The number of fused-ring (bicyclic) bond motifs is 2. The third kappa shape index (κ3) is 5.96. The van der Waals surface area contributed by atoms with Gasteiger partial charge >= 0.3 is 5.97 Å². The first-order chi connectivity index (χ1) is 20.7. The van der Waals surface area contributed by atoms with E-state index in [-0.39, 0.29) is 5.97 Å². The Balaban J connectivity index is 1.36. The summed E-state index contributed by atoms with van der Waals surface area (Å²) in [7, 11) is 0. The molecule has 0 radical (unpaired) electrons. The fourth-order valence-corrected chi connectivity index (χ4v) is 5.58. The number of nitrogens with zero attached hydrogens (tertiary/aromatic N) is 4. The number of hydrogen-bond donors (Lipinski definition) is 0. The third-order valence-electron chi connectivity index (χ3n) is 7.69. The largest absolute Gasteiger partial charge is 0.456 e. The zero-order valence-corrected chi connectivity index (χ0v) is 25.6. The number of benzene rings is 3. The lowest BCUT2D eigenvalue weighted by molar-refractivity contribution is 0.00704. The van der Waals surface area contributed by atoms with Crippen LogP contribution in [0.25, 0.3) is 39.1 Å². The summed E-state index contributed by atoms with van der Waals surface area (Å²) in [6.45, 7) is 10.7. The van der Waals surface area contributed by atoms with E-state index in [0.29, 0.717) is 12.1 Å². The van der Waals surface area contributed by atoms with Crippen LogP contribution in [0.1, 0.15) is 67.8 Å². The molecule has 3 aromatic carbocycles. The Kier molecular flexibility index (Phi) is 7.61. The van der Waals surface area contributed by atoms with Crippen LogP contribution in [-0.2, 0) is 17.7 Å². The summed E-state index contributed by atoms with van der Waals surface area (Å²) < 4.78 is 10.1. The lowest BCUT2D eigenvalue weighted by Gasteiger charge is -2.20. The lowest BCUT2D eigenvalue weighted by atomic mass is 9.98. The summed E-state index contributed by atoms with van der Waals surface area (Å²) in [5.74, 6) is 0.792. The number of hydrogen-bond acceptors (Lipinski definition) is 4. The van der Waals surface area contributed by atoms with Crippen molar-refractivity contribution in [1.82, 2.24) is 18.9 Å². The highest BCUT2D eigenvalue weighted by molar-refractivity contribution is 5.97. The van der Waals surface area contributed by atoms with Crippen molar-refractivity contribution in [3.63, 3.8) is 0 Å². The van der Waals surface area contributed by atoms with Crippen LogP contribution in [0, 0.1) is 6.92 Å². The molecule has 0 saturated heterocycles. The summed E-state index contributed by atoms with van der Waals surface area (Å²) in [5.41, 5.74) is 9.33. The summed E-state index contributed by atoms with van der Waals surface area (Å²) in [6.07, 6.45) is 7.24. The van der Waals surface area contributed by atoms with Crippen LogP contribution >= 0.6 is 0 Å². The van der Waals surface area contributed by atoms with Gasteiger partial charge in [0, 0.05) is 30.9 Å². The van der Waals surface area contributed by atoms with Crippen LogP contribution in [0.15, 0.2) is 91.3 Å². The number of rotatable bonds is 8. The van der Waals surface area contributed by atoms with Crippen molar-refractivity contribution in [2.24, 2.45) is 0 Å². The van der Waals surface area contributed by atoms with Crippen molar-refractivity contribution in [3.8, 4) is 22.4 Å². The van der Waals surface area contributed by atoms with Crippen molar-refractivity contribution >= 4 is 22.6 Å². The number of esters is 1. The smallest absolute Gasteiger partial charge is 0.339 e. The monoisotopic (exact) mass is 570 g/mol. The van der Waals surface area contributed by atoms with E-state index in [1.54, 1.807) is 0 Å². The molecule has 0 atom stereocenters. The van der Waals surface area contributed by atoms with E-state index in [0.717, 1.165) is 69.7 Å². The van der Waals surface area contributed by atoms with Gasteiger partial charge in [-0.2, -0.15) is 0 Å². The maximum absolute atomic E-state index is 13.0. The second kappa shape index (κ2) is 11.5. The molecule has 0 unspecified atom stereocenters. The highest BCUT2D eigenvalue weighted by Crippen LogP contribution is 2.30. The molecule has 6 aromatic rings. The van der Waals surface area contributed by atoms with Crippen molar-refractivity contribution in [3.05, 3.63) is 114 Å². The molecule has 0 fully saturated rings. The molecule has 0 aliphatic heterocycles. The van der Waals surface area contributed by atoms with Gasteiger partial charge in [-0.05, 0) is 86.7 Å². The van der Waals surface area contributed by atoms with Crippen LogP contribution in [0.3, 0.4) is 0 Å². The number of pyridine rings is 1. The summed E-state index contributed by atoms with van der Waals surface area (Å²) >= 11 is 0. The molecule has 3 heterocycles. The van der Waals surface area contributed by atoms with Gasteiger partial charge in [-0.15, -0.1) is 0 Å². The van der Waals surface area contributed by atoms with E-state index >= 15 is 0 Å². The molecule has 6 nitrogen and oxygen atoms in total.